The SMILES string of the molecule is C#Cc1ccc(N2CC(CCl)CC2=O)cc1. The molecule has 1 amide bonds. The maximum atomic E-state index is 11.7. The third-order valence-corrected chi connectivity index (χ3v) is 3.21. The van der Waals surface area contributed by atoms with Crippen molar-refractivity contribution in [3.63, 3.8) is 0 Å². The Labute approximate surface area is 100 Å². The Morgan fingerprint density at radius 2 is 2.12 bits per heavy atom. The van der Waals surface area contributed by atoms with Gasteiger partial charge in [-0.2, -0.15) is 0 Å². The maximum absolute atomic E-state index is 11.7. The first-order valence-corrected chi connectivity index (χ1v) is 5.71. The number of anilines is 1. The zero-order valence-electron chi connectivity index (χ0n) is 8.82. The number of carbonyl (C=O) groups is 1. The van der Waals surface area contributed by atoms with E-state index < -0.39 is 0 Å². The van der Waals surface area contributed by atoms with Crippen LogP contribution in [0.2, 0.25) is 0 Å². The molecule has 16 heavy (non-hydrogen) atoms. The molecule has 82 valence electrons. The predicted molar refractivity (Wildman–Crippen MR) is 65.6 cm³/mol. The van der Waals surface area contributed by atoms with Crippen molar-refractivity contribution in [2.24, 2.45) is 5.92 Å². The van der Waals surface area contributed by atoms with Crippen LogP contribution in [0, 0.1) is 18.3 Å². The Hall–Kier alpha value is -1.46. The third kappa shape index (κ3) is 2.05. The average molecular weight is 234 g/mol. The van der Waals surface area contributed by atoms with E-state index in [0.29, 0.717) is 18.8 Å². The third-order valence-electron chi connectivity index (χ3n) is 2.77. The van der Waals surface area contributed by atoms with Gasteiger partial charge in [0.2, 0.25) is 5.91 Å². The lowest BCUT2D eigenvalue weighted by Crippen LogP contribution is -2.24. The highest BCUT2D eigenvalue weighted by Crippen LogP contribution is 2.25. The number of halogens is 1. The minimum absolute atomic E-state index is 0.138. The van der Waals surface area contributed by atoms with E-state index in [9.17, 15) is 4.79 Å². The Balaban J connectivity index is 2.19. The first-order valence-electron chi connectivity index (χ1n) is 5.17. The molecule has 2 rings (SSSR count). The monoisotopic (exact) mass is 233 g/mol. The fraction of sp³-hybridized carbons (Fsp3) is 0.308. The molecule has 1 heterocycles. The number of nitrogens with zero attached hydrogens (tertiary/aromatic N) is 1. The minimum Gasteiger partial charge on any atom is -0.312 e. The first-order chi connectivity index (χ1) is 7.74. The number of carbonyl (C=O) groups excluding carboxylic acids is 1. The normalized spacial score (nSPS) is 19.9. The van der Waals surface area contributed by atoms with Crippen LogP contribution in [0.3, 0.4) is 0 Å². The van der Waals surface area contributed by atoms with E-state index in [-0.39, 0.29) is 11.8 Å². The van der Waals surface area contributed by atoms with Crippen LogP contribution in [-0.2, 0) is 4.79 Å². The zero-order chi connectivity index (χ0) is 11.5. The van der Waals surface area contributed by atoms with Crippen LogP contribution in [0.25, 0.3) is 0 Å². The summed E-state index contributed by atoms with van der Waals surface area (Å²) in [7, 11) is 0. The summed E-state index contributed by atoms with van der Waals surface area (Å²) >= 11 is 5.77. The molecule has 1 unspecified atom stereocenters. The van der Waals surface area contributed by atoms with E-state index in [4.69, 9.17) is 18.0 Å². The first kappa shape index (κ1) is 11.0. The number of hydrogen-bond donors (Lipinski definition) is 0. The van der Waals surface area contributed by atoms with E-state index in [1.54, 1.807) is 4.90 Å². The number of amides is 1. The fourth-order valence-electron chi connectivity index (χ4n) is 1.87. The van der Waals surface area contributed by atoms with E-state index in [2.05, 4.69) is 5.92 Å². The molecule has 0 aromatic heterocycles. The van der Waals surface area contributed by atoms with E-state index in [1.165, 1.54) is 0 Å². The second kappa shape index (κ2) is 4.59. The largest absolute Gasteiger partial charge is 0.312 e. The molecule has 1 aromatic carbocycles. The predicted octanol–water partition coefficient (Wildman–Crippen LogP) is 2.26. The topological polar surface area (TPSA) is 20.3 Å². The molecule has 1 aliphatic rings. The summed E-state index contributed by atoms with van der Waals surface area (Å²) in [6, 6.07) is 7.45. The number of terminal acetylenes is 1. The number of benzene rings is 1. The van der Waals surface area contributed by atoms with Crippen LogP contribution in [0.5, 0.6) is 0 Å². The summed E-state index contributed by atoms with van der Waals surface area (Å²) in [5.41, 5.74) is 1.72. The van der Waals surface area contributed by atoms with Gasteiger partial charge < -0.3 is 4.90 Å². The van der Waals surface area contributed by atoms with Crippen LogP contribution < -0.4 is 4.90 Å². The van der Waals surface area contributed by atoms with E-state index in [0.717, 1.165) is 11.3 Å². The molecule has 1 fully saturated rings. The molecule has 2 nitrogen and oxygen atoms in total. The highest BCUT2D eigenvalue weighted by molar-refractivity contribution is 6.18. The van der Waals surface area contributed by atoms with Gasteiger partial charge in [-0.3, -0.25) is 4.79 Å². The van der Waals surface area contributed by atoms with E-state index >= 15 is 0 Å². The molecule has 1 atom stereocenters. The van der Waals surface area contributed by atoms with Gasteiger partial charge >= 0.3 is 0 Å². The molecule has 0 N–H and O–H groups in total. The van der Waals surface area contributed by atoms with E-state index in [1.807, 2.05) is 24.3 Å². The number of hydrogen-bond acceptors (Lipinski definition) is 1. The average Bonchev–Trinajstić information content (AvgIpc) is 2.71. The van der Waals surface area contributed by atoms with Crippen LogP contribution in [0.4, 0.5) is 5.69 Å². The van der Waals surface area contributed by atoms with Crippen molar-refractivity contribution >= 4 is 23.2 Å². The van der Waals surface area contributed by atoms with Gasteiger partial charge in [-0.05, 0) is 30.2 Å². The number of rotatable bonds is 2. The zero-order valence-corrected chi connectivity index (χ0v) is 9.57. The van der Waals surface area contributed by atoms with Crippen molar-refractivity contribution in [1.29, 1.82) is 0 Å². The lowest BCUT2D eigenvalue weighted by Gasteiger charge is -2.16. The van der Waals surface area contributed by atoms with Crippen molar-refractivity contribution < 1.29 is 4.79 Å². The van der Waals surface area contributed by atoms with Crippen LogP contribution in [-0.4, -0.2) is 18.3 Å². The Kier molecular flexibility index (Phi) is 3.17. The molecule has 1 aromatic rings. The van der Waals surface area contributed by atoms with Gasteiger partial charge in [-0.15, -0.1) is 18.0 Å². The smallest absolute Gasteiger partial charge is 0.227 e. The van der Waals surface area contributed by atoms with Gasteiger partial charge in [0.1, 0.15) is 0 Å². The summed E-state index contributed by atoms with van der Waals surface area (Å²) in [5.74, 6) is 3.49. The van der Waals surface area contributed by atoms with Gasteiger partial charge in [-0.25, -0.2) is 0 Å². The maximum Gasteiger partial charge on any atom is 0.227 e. The van der Waals surface area contributed by atoms with Crippen molar-refractivity contribution in [3.05, 3.63) is 29.8 Å². The van der Waals surface area contributed by atoms with Crippen molar-refractivity contribution in [3.8, 4) is 12.3 Å². The fourth-order valence-corrected chi connectivity index (χ4v) is 2.08. The van der Waals surface area contributed by atoms with Gasteiger partial charge in [0.25, 0.3) is 0 Å². The lowest BCUT2D eigenvalue weighted by molar-refractivity contribution is -0.117. The molecule has 1 aliphatic heterocycles. The number of alkyl halides is 1. The summed E-state index contributed by atoms with van der Waals surface area (Å²) in [4.78, 5) is 13.5. The molecule has 1 saturated heterocycles. The molecule has 0 aliphatic carbocycles. The van der Waals surface area contributed by atoms with Crippen molar-refractivity contribution in [2.75, 3.05) is 17.3 Å². The van der Waals surface area contributed by atoms with Crippen LogP contribution >= 0.6 is 11.6 Å². The second-order valence-electron chi connectivity index (χ2n) is 3.92. The molecular formula is C13H12ClNO. The highest BCUT2D eigenvalue weighted by atomic mass is 35.5. The minimum atomic E-state index is 0.138. The second-order valence-corrected chi connectivity index (χ2v) is 4.23. The summed E-state index contributed by atoms with van der Waals surface area (Å²) < 4.78 is 0. The highest BCUT2D eigenvalue weighted by Gasteiger charge is 2.29. The molecular weight excluding hydrogens is 222 g/mol. The van der Waals surface area contributed by atoms with Crippen LogP contribution in [0.1, 0.15) is 12.0 Å². The Morgan fingerprint density at radius 3 is 2.62 bits per heavy atom. The molecule has 0 bridgehead atoms. The molecule has 0 radical (unpaired) electrons. The Morgan fingerprint density at radius 1 is 1.44 bits per heavy atom. The van der Waals surface area contributed by atoms with Gasteiger partial charge in [0, 0.05) is 30.1 Å². The summed E-state index contributed by atoms with van der Waals surface area (Å²) in [6.45, 7) is 0.706. The van der Waals surface area contributed by atoms with Gasteiger partial charge in [0.15, 0.2) is 0 Å². The molecule has 0 spiro atoms. The lowest BCUT2D eigenvalue weighted by atomic mass is 10.1. The van der Waals surface area contributed by atoms with Gasteiger partial charge in [-0.1, -0.05) is 5.92 Å². The standard InChI is InChI=1S/C13H12ClNO/c1-2-10-3-5-12(6-4-10)15-9-11(8-14)7-13(15)16/h1,3-6,11H,7-9H2. The summed E-state index contributed by atoms with van der Waals surface area (Å²) in [5, 5.41) is 0. The quantitative estimate of drug-likeness (QED) is 0.567. The molecule has 0 saturated carbocycles. The van der Waals surface area contributed by atoms with Crippen LogP contribution in [0.15, 0.2) is 24.3 Å². The van der Waals surface area contributed by atoms with Crippen molar-refractivity contribution in [1.82, 2.24) is 0 Å². The Bertz CT molecular complexity index is 432. The van der Waals surface area contributed by atoms with Gasteiger partial charge in [0.05, 0.1) is 0 Å². The summed E-state index contributed by atoms with van der Waals surface area (Å²) in [6.07, 6.45) is 5.82. The van der Waals surface area contributed by atoms with Crippen molar-refractivity contribution in [2.45, 2.75) is 6.42 Å². The molecule has 3 heteroatoms.